The fraction of sp³-hybridized carbons (Fsp3) is 0.188. The third kappa shape index (κ3) is 3.97. The fourth-order valence-corrected chi connectivity index (χ4v) is 3.45. The molecule has 0 spiro atoms. The third-order valence-corrected chi connectivity index (χ3v) is 4.87. The van der Waals surface area contributed by atoms with Gasteiger partial charge in [0.05, 0.1) is 4.91 Å². The lowest BCUT2D eigenvalue weighted by molar-refractivity contribution is -0.126. The highest BCUT2D eigenvalue weighted by Gasteiger charge is 2.33. The fourth-order valence-electron chi connectivity index (χ4n) is 2.20. The maximum absolute atomic E-state index is 13.0. The van der Waals surface area contributed by atoms with E-state index in [1.165, 1.54) is 17.0 Å². The molecule has 1 aliphatic rings. The maximum Gasteiger partial charge on any atom is 0.266 e. The molecular weight excluding hydrogens is 379 g/mol. The van der Waals surface area contributed by atoms with Crippen LogP contribution in [0.25, 0.3) is 6.08 Å². The highest BCUT2D eigenvalue weighted by atomic mass is 32.2. The first-order valence-electron chi connectivity index (χ1n) is 7.60. The molecule has 3 rings (SSSR count). The molecule has 0 aliphatic carbocycles. The van der Waals surface area contributed by atoms with Gasteiger partial charge in [0.2, 0.25) is 11.7 Å². The van der Waals surface area contributed by atoms with Crippen LogP contribution in [0.4, 0.5) is 10.2 Å². The quantitative estimate of drug-likeness (QED) is 0.618. The molecule has 0 saturated carbocycles. The zero-order valence-corrected chi connectivity index (χ0v) is 15.2. The number of aromatic nitrogens is 2. The van der Waals surface area contributed by atoms with E-state index in [4.69, 9.17) is 12.2 Å². The first kappa shape index (κ1) is 18.2. The highest BCUT2D eigenvalue weighted by molar-refractivity contribution is 8.26. The average molecular weight is 392 g/mol. The van der Waals surface area contributed by atoms with Crippen LogP contribution in [0.1, 0.15) is 18.2 Å². The minimum Gasteiger partial charge on any atom is -0.305 e. The lowest BCUT2D eigenvalue weighted by Gasteiger charge is -2.13. The molecule has 0 bridgehead atoms. The molecule has 2 heterocycles. The smallest absolute Gasteiger partial charge is 0.266 e. The van der Waals surface area contributed by atoms with Gasteiger partial charge in [-0.05, 0) is 35.3 Å². The lowest BCUT2D eigenvalue weighted by Crippen LogP contribution is -2.36. The molecule has 0 unspecified atom stereocenters. The van der Waals surface area contributed by atoms with Crippen LogP contribution in [0.5, 0.6) is 0 Å². The van der Waals surface area contributed by atoms with Crippen LogP contribution in [0.15, 0.2) is 33.8 Å². The Bertz CT molecular complexity index is 895. The number of thiocarbonyl (C=S) groups is 1. The number of aryl methyl sites for hydroxylation is 1. The Kier molecular flexibility index (Phi) is 5.43. The van der Waals surface area contributed by atoms with Crippen LogP contribution in [0.3, 0.4) is 0 Å². The van der Waals surface area contributed by atoms with Crippen molar-refractivity contribution in [3.8, 4) is 0 Å². The largest absolute Gasteiger partial charge is 0.305 e. The van der Waals surface area contributed by atoms with Gasteiger partial charge < -0.3 is 5.32 Å². The number of halogens is 1. The van der Waals surface area contributed by atoms with Crippen LogP contribution in [-0.4, -0.2) is 37.9 Å². The van der Waals surface area contributed by atoms with Crippen molar-refractivity contribution in [3.63, 3.8) is 0 Å². The number of thioether (sulfide) groups is 1. The molecule has 7 nitrogen and oxygen atoms in total. The standard InChI is InChI=1S/C16H13FN4O3S2/c1-2-11-14(20-24-19-11)18-13(22)8-21-15(23)12(26-16(21)25)7-9-3-5-10(17)6-4-9/h3-7H,2,8H2,1H3,(H,18,20,22)/b12-7-. The summed E-state index contributed by atoms with van der Waals surface area (Å²) in [7, 11) is 0. The van der Waals surface area contributed by atoms with E-state index in [9.17, 15) is 14.0 Å². The summed E-state index contributed by atoms with van der Waals surface area (Å²) in [5.41, 5.74) is 1.18. The summed E-state index contributed by atoms with van der Waals surface area (Å²) < 4.78 is 17.8. The SMILES string of the molecule is CCc1nonc1NC(=O)CN1C(=O)/C(=C/c2ccc(F)cc2)SC1=S. The van der Waals surface area contributed by atoms with Gasteiger partial charge in [-0.25, -0.2) is 9.02 Å². The second-order valence-corrected chi connectivity index (χ2v) is 6.96. The second kappa shape index (κ2) is 7.75. The summed E-state index contributed by atoms with van der Waals surface area (Å²) in [5, 5.41) is 9.83. The molecule has 2 amide bonds. The van der Waals surface area contributed by atoms with Crippen molar-refractivity contribution in [2.24, 2.45) is 0 Å². The summed E-state index contributed by atoms with van der Waals surface area (Å²) in [6.45, 7) is 1.60. The molecule has 26 heavy (non-hydrogen) atoms. The van der Waals surface area contributed by atoms with Crippen molar-refractivity contribution in [1.82, 2.24) is 15.2 Å². The monoisotopic (exact) mass is 392 g/mol. The van der Waals surface area contributed by atoms with Crippen LogP contribution in [0, 0.1) is 5.82 Å². The van der Waals surface area contributed by atoms with Gasteiger partial charge in [-0.1, -0.05) is 48.2 Å². The summed E-state index contributed by atoms with van der Waals surface area (Å²) in [5.74, 6) is -0.979. The zero-order valence-electron chi connectivity index (χ0n) is 13.6. The van der Waals surface area contributed by atoms with Gasteiger partial charge in [0.25, 0.3) is 5.91 Å². The van der Waals surface area contributed by atoms with E-state index in [2.05, 4.69) is 20.3 Å². The van der Waals surface area contributed by atoms with Gasteiger partial charge in [-0.3, -0.25) is 14.5 Å². The summed E-state index contributed by atoms with van der Waals surface area (Å²) in [6.07, 6.45) is 2.15. The van der Waals surface area contributed by atoms with Gasteiger partial charge in [0, 0.05) is 0 Å². The predicted molar refractivity (Wildman–Crippen MR) is 98.6 cm³/mol. The van der Waals surface area contributed by atoms with Crippen molar-refractivity contribution < 1.29 is 18.6 Å². The molecule has 1 saturated heterocycles. The van der Waals surface area contributed by atoms with E-state index in [0.717, 1.165) is 11.8 Å². The molecule has 10 heteroatoms. The highest BCUT2D eigenvalue weighted by Crippen LogP contribution is 2.32. The van der Waals surface area contributed by atoms with Gasteiger partial charge in [-0.2, -0.15) is 0 Å². The molecule has 1 aromatic carbocycles. The number of carbonyl (C=O) groups is 2. The Hall–Kier alpha value is -2.59. The van der Waals surface area contributed by atoms with Crippen LogP contribution < -0.4 is 5.32 Å². The first-order valence-corrected chi connectivity index (χ1v) is 8.82. The van der Waals surface area contributed by atoms with Crippen molar-refractivity contribution in [1.29, 1.82) is 0 Å². The number of nitrogens with zero attached hydrogens (tertiary/aromatic N) is 3. The number of hydrogen-bond acceptors (Lipinski definition) is 7. The molecule has 0 atom stereocenters. The second-order valence-electron chi connectivity index (χ2n) is 5.28. The minimum atomic E-state index is -0.463. The number of carbonyl (C=O) groups excluding carboxylic acids is 2. The number of rotatable bonds is 5. The average Bonchev–Trinajstić information content (AvgIpc) is 3.16. The summed E-state index contributed by atoms with van der Waals surface area (Å²) >= 11 is 6.27. The lowest BCUT2D eigenvalue weighted by atomic mass is 10.2. The Morgan fingerprint density at radius 1 is 1.38 bits per heavy atom. The Balaban J connectivity index is 1.69. The van der Waals surface area contributed by atoms with Crippen LogP contribution in [0.2, 0.25) is 0 Å². The number of hydrogen-bond donors (Lipinski definition) is 1. The number of anilines is 1. The topological polar surface area (TPSA) is 88.3 Å². The van der Waals surface area contributed by atoms with Crippen molar-refractivity contribution in [2.75, 3.05) is 11.9 Å². The Labute approximate surface area is 157 Å². The molecule has 134 valence electrons. The van der Waals surface area contributed by atoms with Gasteiger partial charge >= 0.3 is 0 Å². The minimum absolute atomic E-state index is 0.227. The van der Waals surface area contributed by atoms with E-state index in [0.29, 0.717) is 22.6 Å². The van der Waals surface area contributed by atoms with Crippen molar-refractivity contribution in [3.05, 3.63) is 46.2 Å². The molecule has 2 aromatic rings. The van der Waals surface area contributed by atoms with Gasteiger partial charge in [0.15, 0.2) is 0 Å². The van der Waals surface area contributed by atoms with Crippen LogP contribution >= 0.6 is 24.0 Å². The van der Waals surface area contributed by atoms with E-state index in [-0.39, 0.29) is 28.4 Å². The molecular formula is C16H13FN4O3S2. The number of amides is 2. The predicted octanol–water partition coefficient (Wildman–Crippen LogP) is 2.61. The van der Waals surface area contributed by atoms with Crippen molar-refractivity contribution >= 4 is 52.0 Å². The van der Waals surface area contributed by atoms with Gasteiger partial charge in [0.1, 0.15) is 22.4 Å². The molecule has 1 fully saturated rings. The molecule has 1 aromatic heterocycles. The zero-order chi connectivity index (χ0) is 18.7. The summed E-state index contributed by atoms with van der Waals surface area (Å²) in [4.78, 5) is 26.2. The molecule has 0 radical (unpaired) electrons. The first-order chi connectivity index (χ1) is 12.5. The van der Waals surface area contributed by atoms with E-state index < -0.39 is 5.91 Å². The maximum atomic E-state index is 13.0. The number of nitrogens with one attached hydrogen (secondary N) is 1. The Morgan fingerprint density at radius 2 is 2.12 bits per heavy atom. The molecule has 1 N–H and O–H groups in total. The third-order valence-electron chi connectivity index (χ3n) is 3.49. The van der Waals surface area contributed by atoms with E-state index in [1.807, 2.05) is 6.92 Å². The summed E-state index contributed by atoms with van der Waals surface area (Å²) in [6, 6.07) is 5.71. The molecule has 1 aliphatic heterocycles. The van der Waals surface area contributed by atoms with E-state index in [1.54, 1.807) is 18.2 Å². The Morgan fingerprint density at radius 3 is 2.81 bits per heavy atom. The van der Waals surface area contributed by atoms with Gasteiger partial charge in [-0.15, -0.1) is 0 Å². The van der Waals surface area contributed by atoms with E-state index >= 15 is 0 Å². The normalized spacial score (nSPS) is 15.8. The number of benzene rings is 1. The van der Waals surface area contributed by atoms with Crippen molar-refractivity contribution in [2.45, 2.75) is 13.3 Å². The van der Waals surface area contributed by atoms with Crippen LogP contribution in [-0.2, 0) is 16.0 Å².